The highest BCUT2D eigenvalue weighted by Crippen LogP contribution is 2.34. The van der Waals surface area contributed by atoms with Crippen LogP contribution in [0.3, 0.4) is 0 Å². The number of nitrogens with zero attached hydrogens (tertiary/aromatic N) is 2. The Bertz CT molecular complexity index is 1170. The molecule has 6 nitrogen and oxygen atoms in total. The molecule has 0 saturated carbocycles. The summed E-state index contributed by atoms with van der Waals surface area (Å²) in [6.45, 7) is 3.32. The summed E-state index contributed by atoms with van der Waals surface area (Å²) in [4.78, 5) is 31.1. The minimum absolute atomic E-state index is 0.0167. The van der Waals surface area contributed by atoms with Gasteiger partial charge in [0.05, 0.1) is 6.04 Å². The van der Waals surface area contributed by atoms with E-state index in [2.05, 4.69) is 16.8 Å². The fourth-order valence-electron chi connectivity index (χ4n) is 4.13. The Morgan fingerprint density at radius 1 is 1.14 bits per heavy atom. The average Bonchev–Trinajstić information content (AvgIpc) is 3.32. The zero-order chi connectivity index (χ0) is 24.8. The first-order valence-electron chi connectivity index (χ1n) is 11.5. The molecule has 4 rings (SSSR count). The van der Waals surface area contributed by atoms with Gasteiger partial charge in [-0.3, -0.25) is 4.79 Å². The second-order valence-electron chi connectivity index (χ2n) is 8.28. The number of rotatable bonds is 8. The number of urea groups is 1. The number of benzene rings is 2. The molecular weight excluding hydrogens is 505 g/mol. The SMILES string of the molecule is CCCN(CC(=O)N1CCc2sccc2[C@@H]1COc1ccc(Cl)cc1)C(=O)Nc1cccc(Cl)c1. The smallest absolute Gasteiger partial charge is 0.322 e. The topological polar surface area (TPSA) is 61.9 Å². The summed E-state index contributed by atoms with van der Waals surface area (Å²) >= 11 is 13.7. The van der Waals surface area contributed by atoms with Crippen LogP contribution in [0.25, 0.3) is 0 Å². The quantitative estimate of drug-likeness (QED) is 0.360. The number of amides is 3. The molecule has 0 unspecified atom stereocenters. The van der Waals surface area contributed by atoms with Gasteiger partial charge in [-0.1, -0.05) is 36.2 Å². The molecule has 1 aromatic heterocycles. The predicted octanol–water partition coefficient (Wildman–Crippen LogP) is 6.50. The third kappa shape index (κ3) is 6.48. The Balaban J connectivity index is 1.47. The normalized spacial score (nSPS) is 14.8. The fraction of sp³-hybridized carbons (Fsp3) is 0.308. The van der Waals surface area contributed by atoms with Crippen LogP contribution in [0, 0.1) is 0 Å². The lowest BCUT2D eigenvalue weighted by atomic mass is 10.0. The third-order valence-corrected chi connectivity index (χ3v) is 7.30. The van der Waals surface area contributed by atoms with Gasteiger partial charge in [0, 0.05) is 33.7 Å². The molecule has 0 bridgehead atoms. The number of ether oxygens (including phenoxy) is 1. The molecule has 1 atom stereocenters. The van der Waals surface area contributed by atoms with Crippen molar-refractivity contribution in [1.29, 1.82) is 0 Å². The number of carbonyl (C=O) groups excluding carboxylic acids is 2. The highest BCUT2D eigenvalue weighted by Gasteiger charge is 2.33. The van der Waals surface area contributed by atoms with Crippen molar-refractivity contribution in [1.82, 2.24) is 9.80 Å². The van der Waals surface area contributed by atoms with Crippen LogP contribution in [0.2, 0.25) is 10.0 Å². The minimum Gasteiger partial charge on any atom is -0.491 e. The standard InChI is InChI=1S/C26H27Cl2N3O3S/c1-2-12-30(26(33)29-20-5-3-4-19(28)15-20)16-25(32)31-13-10-24-22(11-14-35-24)23(31)17-34-21-8-6-18(27)7-9-21/h3-9,11,14-15,23H,2,10,12-13,16-17H2,1H3,(H,29,33)/t23-/m0/s1. The lowest BCUT2D eigenvalue weighted by Crippen LogP contribution is -2.48. The summed E-state index contributed by atoms with van der Waals surface area (Å²) in [6.07, 6.45) is 1.52. The minimum atomic E-state index is -0.329. The zero-order valence-corrected chi connectivity index (χ0v) is 21.7. The number of carbonyl (C=O) groups is 2. The van der Waals surface area contributed by atoms with Gasteiger partial charge in [0.25, 0.3) is 0 Å². The van der Waals surface area contributed by atoms with Crippen molar-refractivity contribution in [2.24, 2.45) is 0 Å². The third-order valence-electron chi connectivity index (χ3n) is 5.82. The lowest BCUT2D eigenvalue weighted by molar-refractivity contribution is -0.135. The molecule has 0 saturated heterocycles. The molecule has 3 amide bonds. The van der Waals surface area contributed by atoms with Crippen LogP contribution < -0.4 is 10.1 Å². The molecule has 1 aliphatic rings. The Labute approximate surface area is 219 Å². The van der Waals surface area contributed by atoms with Crippen molar-refractivity contribution in [2.45, 2.75) is 25.8 Å². The maximum atomic E-state index is 13.5. The summed E-state index contributed by atoms with van der Waals surface area (Å²) in [7, 11) is 0. The van der Waals surface area contributed by atoms with Crippen LogP contribution in [0.5, 0.6) is 5.75 Å². The van der Waals surface area contributed by atoms with E-state index in [1.54, 1.807) is 52.6 Å². The first-order valence-corrected chi connectivity index (χ1v) is 13.1. The van der Waals surface area contributed by atoms with Crippen LogP contribution >= 0.6 is 34.5 Å². The number of hydrogen-bond acceptors (Lipinski definition) is 4. The number of hydrogen-bond donors (Lipinski definition) is 1. The molecule has 1 aliphatic heterocycles. The predicted molar refractivity (Wildman–Crippen MR) is 142 cm³/mol. The van der Waals surface area contributed by atoms with Crippen LogP contribution in [0.4, 0.5) is 10.5 Å². The number of thiophene rings is 1. The van der Waals surface area contributed by atoms with Gasteiger partial charge < -0.3 is 19.9 Å². The Hall–Kier alpha value is -2.74. The number of anilines is 1. The summed E-state index contributed by atoms with van der Waals surface area (Å²) < 4.78 is 6.04. The molecule has 1 N–H and O–H groups in total. The lowest BCUT2D eigenvalue weighted by Gasteiger charge is -2.37. The molecule has 9 heteroatoms. The van der Waals surface area contributed by atoms with Crippen LogP contribution in [-0.4, -0.2) is 48.0 Å². The van der Waals surface area contributed by atoms with E-state index in [-0.39, 0.29) is 24.5 Å². The summed E-state index contributed by atoms with van der Waals surface area (Å²) in [6, 6.07) is 15.6. The van der Waals surface area contributed by atoms with E-state index in [9.17, 15) is 9.59 Å². The Morgan fingerprint density at radius 3 is 2.69 bits per heavy atom. The van der Waals surface area contributed by atoms with Crippen molar-refractivity contribution in [2.75, 3.05) is 31.6 Å². The molecule has 3 aromatic rings. The second kappa shape index (κ2) is 11.8. The van der Waals surface area contributed by atoms with Gasteiger partial charge in [0.2, 0.25) is 5.91 Å². The van der Waals surface area contributed by atoms with E-state index >= 15 is 0 Å². The van der Waals surface area contributed by atoms with E-state index in [4.69, 9.17) is 27.9 Å². The Morgan fingerprint density at radius 2 is 1.94 bits per heavy atom. The Kier molecular flexibility index (Phi) is 8.55. The van der Waals surface area contributed by atoms with Gasteiger partial charge in [0.15, 0.2) is 0 Å². The van der Waals surface area contributed by atoms with Crippen LogP contribution in [-0.2, 0) is 11.2 Å². The van der Waals surface area contributed by atoms with Gasteiger partial charge in [-0.25, -0.2) is 4.79 Å². The average molecular weight is 532 g/mol. The van der Waals surface area contributed by atoms with Crippen molar-refractivity contribution < 1.29 is 14.3 Å². The monoisotopic (exact) mass is 531 g/mol. The molecule has 0 spiro atoms. The summed E-state index contributed by atoms with van der Waals surface area (Å²) in [5.41, 5.74) is 1.69. The maximum Gasteiger partial charge on any atom is 0.322 e. The van der Waals surface area contributed by atoms with Gasteiger partial charge in [-0.15, -0.1) is 11.3 Å². The summed E-state index contributed by atoms with van der Waals surface area (Å²) in [5.74, 6) is 0.582. The highest BCUT2D eigenvalue weighted by atomic mass is 35.5. The maximum absolute atomic E-state index is 13.5. The van der Waals surface area contributed by atoms with Crippen molar-refractivity contribution in [3.8, 4) is 5.75 Å². The van der Waals surface area contributed by atoms with Crippen LogP contribution in [0.1, 0.15) is 29.8 Å². The first kappa shape index (κ1) is 25.4. The number of halogens is 2. The molecule has 0 radical (unpaired) electrons. The van der Waals surface area contributed by atoms with Gasteiger partial charge in [0.1, 0.15) is 18.9 Å². The molecule has 35 heavy (non-hydrogen) atoms. The van der Waals surface area contributed by atoms with E-state index in [1.807, 2.05) is 24.0 Å². The molecule has 2 aromatic carbocycles. The van der Waals surface area contributed by atoms with Gasteiger partial charge in [-0.2, -0.15) is 0 Å². The fourth-order valence-corrected chi connectivity index (χ4v) is 5.37. The largest absolute Gasteiger partial charge is 0.491 e. The molecule has 0 aliphatic carbocycles. The first-order chi connectivity index (χ1) is 16.9. The molecule has 0 fully saturated rings. The van der Waals surface area contributed by atoms with E-state index < -0.39 is 0 Å². The van der Waals surface area contributed by atoms with E-state index in [0.717, 1.165) is 18.4 Å². The molecular formula is C26H27Cl2N3O3S. The van der Waals surface area contributed by atoms with Crippen molar-refractivity contribution in [3.63, 3.8) is 0 Å². The molecule has 2 heterocycles. The number of nitrogens with one attached hydrogen (secondary N) is 1. The van der Waals surface area contributed by atoms with E-state index in [1.165, 1.54) is 4.88 Å². The van der Waals surface area contributed by atoms with Gasteiger partial charge >= 0.3 is 6.03 Å². The second-order valence-corrected chi connectivity index (χ2v) is 10.2. The zero-order valence-electron chi connectivity index (χ0n) is 19.4. The highest BCUT2D eigenvalue weighted by molar-refractivity contribution is 7.10. The molecule has 184 valence electrons. The van der Waals surface area contributed by atoms with Crippen molar-refractivity contribution >= 4 is 52.2 Å². The van der Waals surface area contributed by atoms with Gasteiger partial charge in [-0.05, 0) is 72.3 Å². The van der Waals surface area contributed by atoms with Crippen LogP contribution in [0.15, 0.2) is 60.0 Å². The van der Waals surface area contributed by atoms with Crippen molar-refractivity contribution in [3.05, 3.63) is 80.5 Å². The summed E-state index contributed by atoms with van der Waals surface area (Å²) in [5, 5.41) is 6.07. The number of fused-ring (bicyclic) bond motifs is 1. The van der Waals surface area contributed by atoms with E-state index in [0.29, 0.717) is 41.2 Å².